The Morgan fingerprint density at radius 1 is 1.08 bits per heavy atom. The molecule has 1 amide bonds. The molecule has 0 bridgehead atoms. The van der Waals surface area contributed by atoms with Crippen LogP contribution in [0.1, 0.15) is 38.2 Å². The summed E-state index contributed by atoms with van der Waals surface area (Å²) >= 11 is 0. The highest BCUT2D eigenvalue weighted by Crippen LogP contribution is 2.20. The van der Waals surface area contributed by atoms with Crippen molar-refractivity contribution in [2.45, 2.75) is 46.7 Å². The maximum atomic E-state index is 13.0. The Kier molecular flexibility index (Phi) is 4.63. The lowest BCUT2D eigenvalue weighted by molar-refractivity contribution is -0.124. The molecule has 0 spiro atoms. The number of aromatic nitrogens is 4. The fourth-order valence-electron chi connectivity index (χ4n) is 2.98. The number of benzene rings is 1. The summed E-state index contributed by atoms with van der Waals surface area (Å²) in [4.78, 5) is 25.4. The predicted molar refractivity (Wildman–Crippen MR) is 101 cm³/mol. The first kappa shape index (κ1) is 17.8. The van der Waals surface area contributed by atoms with E-state index in [1.807, 2.05) is 51.1 Å². The second kappa shape index (κ2) is 6.74. The fraction of sp³-hybridized carbons (Fsp3) is 0.368. The van der Waals surface area contributed by atoms with Gasteiger partial charge in [0.25, 0.3) is 5.56 Å². The van der Waals surface area contributed by atoms with Gasteiger partial charge >= 0.3 is 0 Å². The Balaban J connectivity index is 2.18. The van der Waals surface area contributed by atoms with Gasteiger partial charge in [-0.2, -0.15) is 10.2 Å². The van der Waals surface area contributed by atoms with Gasteiger partial charge in [0.05, 0.1) is 22.5 Å². The van der Waals surface area contributed by atoms with Crippen molar-refractivity contribution in [2.75, 3.05) is 0 Å². The molecule has 3 rings (SSSR count). The molecule has 136 valence electrons. The Morgan fingerprint density at radius 3 is 2.35 bits per heavy atom. The van der Waals surface area contributed by atoms with Gasteiger partial charge in [0.1, 0.15) is 11.6 Å². The highest BCUT2D eigenvalue weighted by atomic mass is 16.2. The van der Waals surface area contributed by atoms with Gasteiger partial charge in [0, 0.05) is 6.04 Å². The highest BCUT2D eigenvalue weighted by Gasteiger charge is 2.23. The Morgan fingerprint density at radius 2 is 1.73 bits per heavy atom. The molecule has 1 atom stereocenters. The molecular weight excluding hydrogens is 330 g/mol. The number of para-hydroxylation sites is 1. The molecule has 0 aliphatic heterocycles. The Hall–Kier alpha value is -2.96. The molecule has 1 unspecified atom stereocenters. The maximum Gasteiger partial charge on any atom is 0.278 e. The van der Waals surface area contributed by atoms with Crippen molar-refractivity contribution in [3.63, 3.8) is 0 Å². The molecule has 0 aliphatic carbocycles. The van der Waals surface area contributed by atoms with Crippen LogP contribution in [0.2, 0.25) is 0 Å². The summed E-state index contributed by atoms with van der Waals surface area (Å²) in [7, 11) is 0. The van der Waals surface area contributed by atoms with Crippen LogP contribution in [0.15, 0.2) is 35.1 Å². The van der Waals surface area contributed by atoms with Crippen molar-refractivity contribution in [3.05, 3.63) is 52.1 Å². The molecule has 3 aromatic rings. The third-order valence-corrected chi connectivity index (χ3v) is 4.32. The number of rotatable bonds is 4. The Labute approximate surface area is 151 Å². The zero-order valence-electron chi connectivity index (χ0n) is 15.6. The number of aryl methyl sites for hydroxylation is 2. The highest BCUT2D eigenvalue weighted by molar-refractivity contribution is 5.84. The van der Waals surface area contributed by atoms with Gasteiger partial charge in [-0.05, 0) is 46.8 Å². The SMILES string of the molecule is Cc1nn(C(C)C(=O)NC(C)C)c(=O)c2c(C)n(-c3ccccc3)nc12. The monoisotopic (exact) mass is 353 g/mol. The van der Waals surface area contributed by atoms with E-state index in [-0.39, 0.29) is 17.5 Å². The minimum atomic E-state index is -0.701. The summed E-state index contributed by atoms with van der Waals surface area (Å²) in [5.41, 5.74) is 2.46. The van der Waals surface area contributed by atoms with Gasteiger partial charge in [-0.3, -0.25) is 9.59 Å². The standard InChI is InChI=1S/C19H23N5O2/c1-11(2)20-18(25)14(5)24-19(26)16-13(4)23(15-9-7-6-8-10-15)22-17(16)12(3)21-24/h6-11,14H,1-5H3,(H,20,25). The van der Waals surface area contributed by atoms with E-state index in [9.17, 15) is 9.59 Å². The van der Waals surface area contributed by atoms with Crippen LogP contribution in [0.25, 0.3) is 16.6 Å². The molecule has 1 N–H and O–H groups in total. The van der Waals surface area contributed by atoms with Crippen molar-refractivity contribution < 1.29 is 4.79 Å². The molecule has 7 nitrogen and oxygen atoms in total. The average molecular weight is 353 g/mol. The summed E-state index contributed by atoms with van der Waals surface area (Å²) in [6.45, 7) is 9.08. The van der Waals surface area contributed by atoms with Crippen LogP contribution in [0.3, 0.4) is 0 Å². The number of nitrogens with zero attached hydrogens (tertiary/aromatic N) is 4. The fourth-order valence-corrected chi connectivity index (χ4v) is 2.98. The quantitative estimate of drug-likeness (QED) is 0.780. The zero-order chi connectivity index (χ0) is 19.0. The van der Waals surface area contributed by atoms with E-state index in [0.29, 0.717) is 16.6 Å². The van der Waals surface area contributed by atoms with Crippen LogP contribution in [0.5, 0.6) is 0 Å². The van der Waals surface area contributed by atoms with Crippen molar-refractivity contribution in [1.82, 2.24) is 24.9 Å². The van der Waals surface area contributed by atoms with Gasteiger partial charge in [0.15, 0.2) is 0 Å². The van der Waals surface area contributed by atoms with Gasteiger partial charge in [0.2, 0.25) is 5.91 Å². The van der Waals surface area contributed by atoms with Gasteiger partial charge in [-0.25, -0.2) is 9.36 Å². The number of nitrogens with one attached hydrogen (secondary N) is 1. The van der Waals surface area contributed by atoms with E-state index < -0.39 is 6.04 Å². The lowest BCUT2D eigenvalue weighted by Gasteiger charge is -2.16. The summed E-state index contributed by atoms with van der Waals surface area (Å²) in [6.07, 6.45) is 0. The number of hydrogen-bond donors (Lipinski definition) is 1. The molecule has 0 saturated heterocycles. The molecule has 0 saturated carbocycles. The van der Waals surface area contributed by atoms with Crippen LogP contribution in [0.4, 0.5) is 0 Å². The normalized spacial score (nSPS) is 12.5. The second-order valence-electron chi connectivity index (χ2n) is 6.73. The lowest BCUT2D eigenvalue weighted by atomic mass is 10.2. The first-order chi connectivity index (χ1) is 12.3. The largest absolute Gasteiger partial charge is 0.352 e. The average Bonchev–Trinajstić information content (AvgIpc) is 2.96. The first-order valence-corrected chi connectivity index (χ1v) is 8.65. The van der Waals surface area contributed by atoms with E-state index in [1.165, 1.54) is 4.68 Å². The van der Waals surface area contributed by atoms with Crippen LogP contribution in [-0.4, -0.2) is 31.5 Å². The van der Waals surface area contributed by atoms with Crippen LogP contribution in [0, 0.1) is 13.8 Å². The molecule has 2 heterocycles. The maximum absolute atomic E-state index is 13.0. The number of carbonyl (C=O) groups is 1. The minimum Gasteiger partial charge on any atom is -0.352 e. The van der Waals surface area contributed by atoms with E-state index in [1.54, 1.807) is 18.5 Å². The number of fused-ring (bicyclic) bond motifs is 1. The predicted octanol–water partition coefficient (Wildman–Crippen LogP) is 2.28. The molecular formula is C19H23N5O2. The third kappa shape index (κ3) is 3.00. The Bertz CT molecular complexity index is 1020. The molecule has 1 aromatic carbocycles. The summed E-state index contributed by atoms with van der Waals surface area (Å²) in [6, 6.07) is 8.92. The third-order valence-electron chi connectivity index (χ3n) is 4.32. The number of hydrogen-bond acceptors (Lipinski definition) is 4. The van der Waals surface area contributed by atoms with Gasteiger partial charge in [-0.1, -0.05) is 18.2 Å². The summed E-state index contributed by atoms with van der Waals surface area (Å²) in [5, 5.41) is 12.2. The topological polar surface area (TPSA) is 81.8 Å². The van der Waals surface area contributed by atoms with Crippen molar-refractivity contribution in [3.8, 4) is 5.69 Å². The van der Waals surface area contributed by atoms with Crippen LogP contribution >= 0.6 is 0 Å². The smallest absolute Gasteiger partial charge is 0.278 e. The van der Waals surface area contributed by atoms with Crippen molar-refractivity contribution >= 4 is 16.8 Å². The van der Waals surface area contributed by atoms with Crippen LogP contribution in [-0.2, 0) is 4.79 Å². The van der Waals surface area contributed by atoms with E-state index in [0.717, 1.165) is 11.4 Å². The zero-order valence-corrected chi connectivity index (χ0v) is 15.6. The number of amides is 1. The summed E-state index contributed by atoms with van der Waals surface area (Å²) in [5.74, 6) is -0.235. The molecule has 26 heavy (non-hydrogen) atoms. The first-order valence-electron chi connectivity index (χ1n) is 8.65. The lowest BCUT2D eigenvalue weighted by Crippen LogP contribution is -2.40. The van der Waals surface area contributed by atoms with Crippen molar-refractivity contribution in [1.29, 1.82) is 0 Å². The molecule has 0 radical (unpaired) electrons. The number of carbonyl (C=O) groups excluding carboxylic acids is 1. The molecule has 7 heteroatoms. The molecule has 0 aliphatic rings. The van der Waals surface area contributed by atoms with E-state index >= 15 is 0 Å². The minimum absolute atomic E-state index is 0.00644. The molecule has 0 fully saturated rings. The van der Waals surface area contributed by atoms with E-state index in [4.69, 9.17) is 0 Å². The second-order valence-corrected chi connectivity index (χ2v) is 6.73. The van der Waals surface area contributed by atoms with Gasteiger partial charge < -0.3 is 5.32 Å². The van der Waals surface area contributed by atoms with Crippen LogP contribution < -0.4 is 10.9 Å². The molecule has 2 aromatic heterocycles. The van der Waals surface area contributed by atoms with Crippen molar-refractivity contribution in [2.24, 2.45) is 0 Å². The summed E-state index contributed by atoms with van der Waals surface area (Å²) < 4.78 is 2.99. The van der Waals surface area contributed by atoms with Gasteiger partial charge in [-0.15, -0.1) is 0 Å². The van der Waals surface area contributed by atoms with E-state index in [2.05, 4.69) is 15.5 Å².